The van der Waals surface area contributed by atoms with Gasteiger partial charge in [0.25, 0.3) is 0 Å². The smallest absolute Gasteiger partial charge is 0.248 e. The molecule has 0 atom stereocenters. The van der Waals surface area contributed by atoms with Crippen molar-refractivity contribution in [3.05, 3.63) is 60.6 Å². The second kappa shape index (κ2) is 8.34. The molecule has 7 heteroatoms. The monoisotopic (exact) mass is 390 g/mol. The predicted molar refractivity (Wildman–Crippen MR) is 116 cm³/mol. The van der Waals surface area contributed by atoms with Gasteiger partial charge < -0.3 is 20.3 Å². The first-order chi connectivity index (χ1) is 14.1. The van der Waals surface area contributed by atoms with Gasteiger partial charge in [-0.2, -0.15) is 4.98 Å². The molecule has 0 unspecified atom stereocenters. The largest absolute Gasteiger partial charge is 0.437 e. The first kappa shape index (κ1) is 19.0. The average molecular weight is 390 g/mol. The van der Waals surface area contributed by atoms with Gasteiger partial charge in [-0.25, -0.2) is 9.97 Å². The van der Waals surface area contributed by atoms with E-state index in [0.29, 0.717) is 23.2 Å². The maximum Gasteiger partial charge on any atom is 0.248 e. The van der Waals surface area contributed by atoms with Gasteiger partial charge in [0, 0.05) is 32.4 Å². The Hall–Kier alpha value is -3.35. The third-order valence-electron chi connectivity index (χ3n) is 5.14. The first-order valence-corrected chi connectivity index (χ1v) is 9.91. The van der Waals surface area contributed by atoms with Crippen molar-refractivity contribution in [2.24, 2.45) is 0 Å². The normalized spacial score (nSPS) is 14.3. The van der Waals surface area contributed by atoms with Gasteiger partial charge in [-0.3, -0.25) is 0 Å². The Bertz CT molecular complexity index is 937. The fraction of sp³-hybridized carbons (Fsp3) is 0.318. The van der Waals surface area contributed by atoms with E-state index in [4.69, 9.17) is 10.5 Å². The van der Waals surface area contributed by atoms with E-state index in [9.17, 15) is 0 Å². The molecule has 3 heterocycles. The van der Waals surface area contributed by atoms with E-state index in [2.05, 4.69) is 50.7 Å². The summed E-state index contributed by atoms with van der Waals surface area (Å²) in [5.74, 6) is 3.29. The highest BCUT2D eigenvalue weighted by Gasteiger charge is 2.22. The Morgan fingerprint density at radius 3 is 2.28 bits per heavy atom. The number of piperazine rings is 1. The lowest BCUT2D eigenvalue weighted by atomic mass is 10.0. The summed E-state index contributed by atoms with van der Waals surface area (Å²) in [5.41, 5.74) is 8.10. The SMILES string of the molecule is CC(C)c1ccc(Oc2ncnc(N3CCN(c4ccccn4)CC3)c2N)cc1. The van der Waals surface area contributed by atoms with E-state index in [1.807, 2.05) is 36.5 Å². The zero-order chi connectivity index (χ0) is 20.2. The summed E-state index contributed by atoms with van der Waals surface area (Å²) >= 11 is 0. The molecule has 0 bridgehead atoms. The van der Waals surface area contributed by atoms with Crippen LogP contribution in [0.2, 0.25) is 0 Å². The Morgan fingerprint density at radius 1 is 0.897 bits per heavy atom. The van der Waals surface area contributed by atoms with E-state index in [-0.39, 0.29) is 0 Å². The van der Waals surface area contributed by atoms with Gasteiger partial charge in [0.1, 0.15) is 23.6 Å². The molecule has 0 aliphatic carbocycles. The number of pyridine rings is 1. The summed E-state index contributed by atoms with van der Waals surface area (Å²) < 4.78 is 5.94. The van der Waals surface area contributed by atoms with Crippen molar-refractivity contribution in [1.82, 2.24) is 15.0 Å². The van der Waals surface area contributed by atoms with E-state index >= 15 is 0 Å². The molecule has 4 rings (SSSR count). The van der Waals surface area contributed by atoms with Crippen molar-refractivity contribution >= 4 is 17.3 Å². The number of nitrogens with two attached hydrogens (primary N) is 1. The number of nitrogen functional groups attached to an aromatic ring is 1. The molecule has 1 aromatic carbocycles. The van der Waals surface area contributed by atoms with E-state index < -0.39 is 0 Å². The van der Waals surface area contributed by atoms with Crippen molar-refractivity contribution < 1.29 is 4.74 Å². The summed E-state index contributed by atoms with van der Waals surface area (Å²) in [7, 11) is 0. The number of hydrogen-bond acceptors (Lipinski definition) is 7. The van der Waals surface area contributed by atoms with Crippen LogP contribution in [0, 0.1) is 0 Å². The van der Waals surface area contributed by atoms with Crippen molar-refractivity contribution in [3.8, 4) is 11.6 Å². The van der Waals surface area contributed by atoms with Crippen LogP contribution >= 0.6 is 0 Å². The molecule has 2 N–H and O–H groups in total. The highest BCUT2D eigenvalue weighted by Crippen LogP contribution is 2.32. The van der Waals surface area contributed by atoms with Crippen LogP contribution in [0.5, 0.6) is 11.6 Å². The second-order valence-corrected chi connectivity index (χ2v) is 7.40. The van der Waals surface area contributed by atoms with Crippen LogP contribution in [-0.4, -0.2) is 41.1 Å². The quantitative estimate of drug-likeness (QED) is 0.711. The lowest BCUT2D eigenvalue weighted by Gasteiger charge is -2.36. The van der Waals surface area contributed by atoms with Crippen molar-refractivity contribution in [2.75, 3.05) is 41.7 Å². The molecule has 150 valence electrons. The van der Waals surface area contributed by atoms with Gasteiger partial charge in [-0.05, 0) is 35.7 Å². The van der Waals surface area contributed by atoms with Gasteiger partial charge in [0.15, 0.2) is 5.82 Å². The predicted octanol–water partition coefficient (Wildman–Crippen LogP) is 3.70. The molecule has 3 aromatic rings. The number of nitrogens with zero attached hydrogens (tertiary/aromatic N) is 5. The van der Waals surface area contributed by atoms with Crippen LogP contribution in [0.15, 0.2) is 55.0 Å². The Balaban J connectivity index is 1.46. The molecule has 1 aliphatic heterocycles. The average Bonchev–Trinajstić information content (AvgIpc) is 2.76. The third kappa shape index (κ3) is 4.23. The lowest BCUT2D eigenvalue weighted by Crippen LogP contribution is -2.47. The van der Waals surface area contributed by atoms with Crippen molar-refractivity contribution in [3.63, 3.8) is 0 Å². The maximum atomic E-state index is 6.37. The van der Waals surface area contributed by atoms with E-state index in [1.54, 1.807) is 0 Å². The number of benzene rings is 1. The molecule has 29 heavy (non-hydrogen) atoms. The molecule has 1 fully saturated rings. The van der Waals surface area contributed by atoms with Crippen molar-refractivity contribution in [2.45, 2.75) is 19.8 Å². The first-order valence-electron chi connectivity index (χ1n) is 9.91. The Labute approximate surface area is 171 Å². The Morgan fingerprint density at radius 2 is 1.62 bits per heavy atom. The molecule has 7 nitrogen and oxygen atoms in total. The van der Waals surface area contributed by atoms with Gasteiger partial charge in [-0.1, -0.05) is 32.0 Å². The number of aromatic nitrogens is 3. The fourth-order valence-electron chi connectivity index (χ4n) is 3.42. The number of rotatable bonds is 5. The van der Waals surface area contributed by atoms with Crippen LogP contribution in [0.25, 0.3) is 0 Å². The van der Waals surface area contributed by atoms with Crippen LogP contribution in [0.3, 0.4) is 0 Å². The second-order valence-electron chi connectivity index (χ2n) is 7.40. The minimum Gasteiger partial charge on any atom is -0.437 e. The molecule has 0 spiro atoms. The summed E-state index contributed by atoms with van der Waals surface area (Å²) in [4.78, 5) is 17.5. The lowest BCUT2D eigenvalue weighted by molar-refractivity contribution is 0.463. The molecule has 2 aromatic heterocycles. The number of hydrogen-bond donors (Lipinski definition) is 1. The van der Waals surface area contributed by atoms with E-state index in [1.165, 1.54) is 11.9 Å². The topological polar surface area (TPSA) is 80.4 Å². The number of ether oxygens (including phenoxy) is 1. The zero-order valence-corrected chi connectivity index (χ0v) is 16.8. The van der Waals surface area contributed by atoms with Gasteiger partial charge in [-0.15, -0.1) is 0 Å². The van der Waals surface area contributed by atoms with Gasteiger partial charge >= 0.3 is 0 Å². The maximum absolute atomic E-state index is 6.37. The van der Waals surface area contributed by atoms with Gasteiger partial charge in [0.2, 0.25) is 5.88 Å². The van der Waals surface area contributed by atoms with Crippen LogP contribution in [0.1, 0.15) is 25.3 Å². The van der Waals surface area contributed by atoms with Gasteiger partial charge in [0.05, 0.1) is 0 Å². The Kier molecular flexibility index (Phi) is 5.46. The summed E-state index contributed by atoms with van der Waals surface area (Å²) in [6.07, 6.45) is 3.33. The summed E-state index contributed by atoms with van der Waals surface area (Å²) in [5, 5.41) is 0. The highest BCUT2D eigenvalue weighted by atomic mass is 16.5. The van der Waals surface area contributed by atoms with Crippen molar-refractivity contribution in [1.29, 1.82) is 0 Å². The fourth-order valence-corrected chi connectivity index (χ4v) is 3.42. The van der Waals surface area contributed by atoms with Crippen LogP contribution in [0.4, 0.5) is 17.3 Å². The molecule has 0 saturated carbocycles. The van der Waals surface area contributed by atoms with E-state index in [0.717, 1.165) is 37.8 Å². The van der Waals surface area contributed by atoms with Crippen LogP contribution < -0.4 is 20.3 Å². The molecule has 1 aliphatic rings. The molecule has 0 radical (unpaired) electrons. The minimum atomic E-state index is 0.388. The highest BCUT2D eigenvalue weighted by molar-refractivity contribution is 5.68. The molecular weight excluding hydrogens is 364 g/mol. The van der Waals surface area contributed by atoms with Crippen LogP contribution in [-0.2, 0) is 0 Å². The third-order valence-corrected chi connectivity index (χ3v) is 5.14. The zero-order valence-electron chi connectivity index (χ0n) is 16.8. The summed E-state index contributed by atoms with van der Waals surface area (Å²) in [6, 6.07) is 14.0. The standard InChI is InChI=1S/C22H26N6O/c1-16(2)17-6-8-18(9-7-17)29-22-20(23)21(25-15-26-22)28-13-11-27(12-14-28)19-5-3-4-10-24-19/h3-10,15-16H,11-14,23H2,1-2H3. The summed E-state index contributed by atoms with van der Waals surface area (Å²) in [6.45, 7) is 7.65. The molecule has 1 saturated heterocycles. The number of anilines is 3. The molecular formula is C22H26N6O. The minimum absolute atomic E-state index is 0.388. The molecule has 0 amide bonds.